The lowest BCUT2D eigenvalue weighted by Crippen LogP contribution is -2.11. The van der Waals surface area contributed by atoms with E-state index in [4.69, 9.17) is 21.1 Å². The monoisotopic (exact) mass is 517 g/mol. The van der Waals surface area contributed by atoms with E-state index in [2.05, 4.69) is 20.4 Å². The number of hydrogen-bond donors (Lipinski definition) is 1. The molecule has 0 unspecified atom stereocenters. The summed E-state index contributed by atoms with van der Waals surface area (Å²) in [6, 6.07) is 20.2. The summed E-state index contributed by atoms with van der Waals surface area (Å²) in [5.74, 6) is 0.256. The van der Waals surface area contributed by atoms with Crippen molar-refractivity contribution in [1.29, 1.82) is 0 Å². The molecule has 186 valence electrons. The predicted octanol–water partition coefficient (Wildman–Crippen LogP) is 5.80. The molecule has 2 heterocycles. The standard InChI is InChI=1S/C27H21ClFN5O3/c28-22-14-21(9-10-24(22)37-16-18-5-4-8-20(29)13-18)32-26-25-23(30-17-31-26)15-34(33-25)11-12-36-27(35)19-6-2-1-3-7-19/h1-10,13-15,17H,11-12,16H2,(H,30,31,32). The van der Waals surface area contributed by atoms with Gasteiger partial charge in [0, 0.05) is 5.69 Å². The van der Waals surface area contributed by atoms with E-state index in [0.29, 0.717) is 51.0 Å². The third kappa shape index (κ3) is 6.02. The SMILES string of the molecule is O=C(OCCn1cc2ncnc(Nc3ccc(OCc4cccc(F)c4)c(Cl)c3)c2n1)c1ccccc1. The van der Waals surface area contributed by atoms with Crippen molar-refractivity contribution < 1.29 is 18.7 Å². The van der Waals surface area contributed by atoms with Crippen LogP contribution in [0.5, 0.6) is 5.75 Å². The Morgan fingerprint density at radius 2 is 1.89 bits per heavy atom. The molecule has 1 N–H and O–H groups in total. The summed E-state index contributed by atoms with van der Waals surface area (Å²) in [5, 5.41) is 8.13. The number of rotatable bonds is 9. The van der Waals surface area contributed by atoms with E-state index in [0.717, 1.165) is 0 Å². The molecule has 0 fully saturated rings. The summed E-state index contributed by atoms with van der Waals surface area (Å²) in [5.41, 5.74) is 3.06. The first-order valence-corrected chi connectivity index (χ1v) is 11.8. The number of carbonyl (C=O) groups is 1. The van der Waals surface area contributed by atoms with Crippen molar-refractivity contribution in [2.75, 3.05) is 11.9 Å². The predicted molar refractivity (Wildman–Crippen MR) is 138 cm³/mol. The number of nitrogens with one attached hydrogen (secondary N) is 1. The van der Waals surface area contributed by atoms with Crippen LogP contribution in [0.1, 0.15) is 15.9 Å². The fraction of sp³-hybridized carbons (Fsp3) is 0.111. The number of aromatic nitrogens is 4. The van der Waals surface area contributed by atoms with Gasteiger partial charge in [-0.1, -0.05) is 41.9 Å². The Labute approximate surface area is 216 Å². The van der Waals surface area contributed by atoms with E-state index >= 15 is 0 Å². The van der Waals surface area contributed by atoms with Crippen LogP contribution in [-0.4, -0.2) is 32.3 Å². The number of hydrogen-bond acceptors (Lipinski definition) is 7. The van der Waals surface area contributed by atoms with Gasteiger partial charge in [0.05, 0.1) is 23.3 Å². The van der Waals surface area contributed by atoms with Crippen LogP contribution in [0.3, 0.4) is 0 Å². The highest BCUT2D eigenvalue weighted by Gasteiger charge is 2.12. The zero-order valence-electron chi connectivity index (χ0n) is 19.5. The molecule has 0 radical (unpaired) electrons. The molecule has 0 aliphatic rings. The molecule has 2 aromatic heterocycles. The minimum absolute atomic E-state index is 0.157. The second-order valence-corrected chi connectivity index (χ2v) is 8.45. The Morgan fingerprint density at radius 3 is 2.70 bits per heavy atom. The molecule has 0 bridgehead atoms. The maximum Gasteiger partial charge on any atom is 0.338 e. The first kappa shape index (κ1) is 24.2. The van der Waals surface area contributed by atoms with Crippen LogP contribution in [0, 0.1) is 5.82 Å². The first-order chi connectivity index (χ1) is 18.0. The molecule has 0 saturated heterocycles. The van der Waals surface area contributed by atoms with E-state index in [1.165, 1.54) is 18.5 Å². The first-order valence-electron chi connectivity index (χ1n) is 11.4. The van der Waals surface area contributed by atoms with E-state index < -0.39 is 0 Å². The van der Waals surface area contributed by atoms with Crippen LogP contribution in [-0.2, 0) is 17.9 Å². The molecule has 0 atom stereocenters. The highest BCUT2D eigenvalue weighted by Crippen LogP contribution is 2.30. The van der Waals surface area contributed by atoms with E-state index in [1.807, 2.05) is 6.07 Å². The lowest BCUT2D eigenvalue weighted by molar-refractivity contribution is 0.0488. The van der Waals surface area contributed by atoms with Crippen molar-refractivity contribution >= 4 is 40.1 Å². The molecule has 5 aromatic rings. The normalized spacial score (nSPS) is 10.9. The molecule has 10 heteroatoms. The van der Waals surface area contributed by atoms with Crippen molar-refractivity contribution in [1.82, 2.24) is 19.7 Å². The molecule has 0 aliphatic heterocycles. The summed E-state index contributed by atoms with van der Waals surface area (Å²) >= 11 is 6.41. The molecule has 0 saturated carbocycles. The second kappa shape index (κ2) is 11.0. The van der Waals surface area contributed by atoms with Gasteiger partial charge in [-0.3, -0.25) is 4.68 Å². The van der Waals surface area contributed by atoms with Gasteiger partial charge in [0.15, 0.2) is 11.3 Å². The molecule has 3 aromatic carbocycles. The smallest absolute Gasteiger partial charge is 0.338 e. The van der Waals surface area contributed by atoms with Gasteiger partial charge in [0.2, 0.25) is 0 Å². The number of ether oxygens (including phenoxy) is 2. The Morgan fingerprint density at radius 1 is 1.03 bits per heavy atom. The maximum absolute atomic E-state index is 13.4. The van der Waals surface area contributed by atoms with Crippen molar-refractivity contribution in [3.05, 3.63) is 107 Å². The maximum atomic E-state index is 13.4. The number of esters is 1. The van der Waals surface area contributed by atoms with Gasteiger partial charge in [0.25, 0.3) is 0 Å². The molecular weight excluding hydrogens is 497 g/mol. The van der Waals surface area contributed by atoms with Gasteiger partial charge >= 0.3 is 5.97 Å². The Kier molecular flexibility index (Phi) is 7.23. The minimum Gasteiger partial charge on any atom is -0.487 e. The van der Waals surface area contributed by atoms with Gasteiger partial charge in [-0.2, -0.15) is 5.10 Å². The fourth-order valence-corrected chi connectivity index (χ4v) is 3.83. The van der Waals surface area contributed by atoms with Crippen molar-refractivity contribution in [2.45, 2.75) is 13.2 Å². The Bertz CT molecular complexity index is 1540. The minimum atomic E-state index is -0.389. The van der Waals surface area contributed by atoms with Crippen LogP contribution in [0.2, 0.25) is 5.02 Å². The average molecular weight is 518 g/mol. The number of anilines is 2. The van der Waals surface area contributed by atoms with Gasteiger partial charge in [-0.25, -0.2) is 19.2 Å². The van der Waals surface area contributed by atoms with Crippen LogP contribution < -0.4 is 10.1 Å². The third-order valence-corrected chi connectivity index (χ3v) is 5.69. The van der Waals surface area contributed by atoms with Crippen LogP contribution in [0.4, 0.5) is 15.9 Å². The van der Waals surface area contributed by atoms with Crippen molar-refractivity contribution in [2.24, 2.45) is 0 Å². The lowest BCUT2D eigenvalue weighted by atomic mass is 10.2. The van der Waals surface area contributed by atoms with Crippen molar-refractivity contribution in [3.63, 3.8) is 0 Å². The number of carbonyl (C=O) groups excluding carboxylic acids is 1. The molecule has 0 spiro atoms. The molecule has 8 nitrogen and oxygen atoms in total. The molecule has 0 amide bonds. The number of nitrogens with zero attached hydrogens (tertiary/aromatic N) is 4. The number of fused-ring (bicyclic) bond motifs is 1. The van der Waals surface area contributed by atoms with Crippen LogP contribution in [0.15, 0.2) is 85.3 Å². The van der Waals surface area contributed by atoms with Crippen molar-refractivity contribution in [3.8, 4) is 5.75 Å². The summed E-state index contributed by atoms with van der Waals surface area (Å²) in [6.07, 6.45) is 3.19. The van der Waals surface area contributed by atoms with Crippen LogP contribution in [0.25, 0.3) is 11.0 Å². The molecule has 5 rings (SSSR count). The summed E-state index contributed by atoms with van der Waals surface area (Å²) in [6.45, 7) is 0.705. The summed E-state index contributed by atoms with van der Waals surface area (Å²) < 4.78 is 26.1. The lowest BCUT2D eigenvalue weighted by Gasteiger charge is -2.11. The quantitative estimate of drug-likeness (QED) is 0.247. The largest absolute Gasteiger partial charge is 0.487 e. The van der Waals surface area contributed by atoms with E-state index in [9.17, 15) is 9.18 Å². The van der Waals surface area contributed by atoms with E-state index in [-0.39, 0.29) is 25.0 Å². The summed E-state index contributed by atoms with van der Waals surface area (Å²) in [7, 11) is 0. The van der Waals surface area contributed by atoms with Crippen LogP contribution >= 0.6 is 11.6 Å². The van der Waals surface area contributed by atoms with Gasteiger partial charge in [-0.05, 0) is 48.0 Å². The topological polar surface area (TPSA) is 91.2 Å². The molecule has 37 heavy (non-hydrogen) atoms. The third-order valence-electron chi connectivity index (χ3n) is 5.39. The molecule has 0 aliphatic carbocycles. The van der Waals surface area contributed by atoms with Gasteiger partial charge < -0.3 is 14.8 Å². The fourth-order valence-electron chi connectivity index (χ4n) is 3.60. The zero-order chi connectivity index (χ0) is 25.6. The molecular formula is C27H21ClFN5O3. The Hall–Kier alpha value is -4.50. The average Bonchev–Trinajstić information content (AvgIpc) is 3.33. The van der Waals surface area contributed by atoms with Gasteiger partial charge in [-0.15, -0.1) is 0 Å². The summed E-state index contributed by atoms with van der Waals surface area (Å²) in [4.78, 5) is 20.7. The zero-order valence-corrected chi connectivity index (χ0v) is 20.2. The highest BCUT2D eigenvalue weighted by atomic mass is 35.5. The number of benzene rings is 3. The van der Waals surface area contributed by atoms with Gasteiger partial charge in [0.1, 0.15) is 36.6 Å². The number of halogens is 2. The Balaban J connectivity index is 1.23. The second-order valence-electron chi connectivity index (χ2n) is 8.04. The highest BCUT2D eigenvalue weighted by molar-refractivity contribution is 6.32. The van der Waals surface area contributed by atoms with E-state index in [1.54, 1.807) is 65.5 Å².